The van der Waals surface area contributed by atoms with Crippen LogP contribution in [0.4, 0.5) is 0 Å². The first kappa shape index (κ1) is 44.3. The van der Waals surface area contributed by atoms with Gasteiger partial charge in [-0.05, 0) is 83.5 Å². The van der Waals surface area contributed by atoms with Gasteiger partial charge in [0.2, 0.25) is 5.91 Å². The molecule has 2 atom stereocenters. The Hall–Kier alpha value is -2.69. The summed E-state index contributed by atoms with van der Waals surface area (Å²) in [6, 6.07) is -0.680. The van der Waals surface area contributed by atoms with E-state index < -0.39 is 12.1 Å². The summed E-state index contributed by atoms with van der Waals surface area (Å²) in [4.78, 5) is 12.3. The minimum atomic E-state index is -0.898. The van der Waals surface area contributed by atoms with Crippen molar-refractivity contribution in [1.82, 2.24) is 5.32 Å². The van der Waals surface area contributed by atoms with E-state index >= 15 is 0 Å². The van der Waals surface area contributed by atoms with E-state index in [1.165, 1.54) is 57.8 Å². The summed E-state index contributed by atoms with van der Waals surface area (Å²) in [6.07, 6.45) is 56.4. The summed E-state index contributed by atoms with van der Waals surface area (Å²) < 4.78 is 0. The average molecular weight is 650 g/mol. The largest absolute Gasteiger partial charge is 0.394 e. The maximum Gasteiger partial charge on any atom is 0.220 e. The zero-order valence-corrected chi connectivity index (χ0v) is 30.3. The fourth-order valence-electron chi connectivity index (χ4n) is 4.89. The van der Waals surface area contributed by atoms with Gasteiger partial charge in [-0.1, -0.05) is 156 Å². The normalized spacial score (nSPS) is 14.2. The Labute approximate surface area is 290 Å². The molecule has 3 N–H and O–H groups in total. The van der Waals surface area contributed by atoms with Gasteiger partial charge in [0.1, 0.15) is 0 Å². The number of hydrogen-bond donors (Lipinski definition) is 3. The number of nitrogens with one attached hydrogen (secondary N) is 1. The van der Waals surface area contributed by atoms with Gasteiger partial charge >= 0.3 is 0 Å². The first-order valence-electron chi connectivity index (χ1n) is 19.0. The van der Waals surface area contributed by atoms with Gasteiger partial charge in [-0.3, -0.25) is 4.79 Å². The maximum atomic E-state index is 12.3. The molecule has 2 unspecified atom stereocenters. The standard InChI is InChI=1S/C43H71NO3/c1-3-5-7-9-11-13-15-17-19-21-23-24-26-28-30-32-34-36-38-42(46)41(40-45)44-43(47)39-37-35-33-31-29-27-25-22-20-18-16-14-12-10-8-6-4-2/h6,8,12,14,18,20-21,23,25,27-28,30-31,33,36,38,41-42,45-46H,3-5,7,9-11,13,15-17,19,22,24,26,29,32,34-35,37,39-40H2,1-2H3,(H,44,47)/b8-6-,14-12-,20-18-,23-21+,27-25-,30-28+,33-31-,38-36+. The summed E-state index contributed by atoms with van der Waals surface area (Å²) in [5.41, 5.74) is 0. The molecular formula is C43H71NO3. The van der Waals surface area contributed by atoms with Gasteiger partial charge in [-0.15, -0.1) is 0 Å². The predicted octanol–water partition coefficient (Wildman–Crippen LogP) is 11.5. The molecule has 0 aromatic heterocycles. The van der Waals surface area contributed by atoms with E-state index in [0.717, 1.165) is 70.6 Å². The van der Waals surface area contributed by atoms with Gasteiger partial charge in [0.25, 0.3) is 0 Å². The van der Waals surface area contributed by atoms with E-state index in [2.05, 4.69) is 104 Å². The van der Waals surface area contributed by atoms with Crippen LogP contribution in [0, 0.1) is 0 Å². The first-order valence-corrected chi connectivity index (χ1v) is 19.0. The highest BCUT2D eigenvalue weighted by molar-refractivity contribution is 5.76. The molecule has 266 valence electrons. The fourth-order valence-corrected chi connectivity index (χ4v) is 4.89. The molecule has 1 amide bonds. The molecule has 0 radical (unpaired) electrons. The van der Waals surface area contributed by atoms with E-state index in [4.69, 9.17) is 0 Å². The third-order valence-electron chi connectivity index (χ3n) is 7.78. The van der Waals surface area contributed by atoms with Crippen molar-refractivity contribution in [3.63, 3.8) is 0 Å². The van der Waals surface area contributed by atoms with Crippen molar-refractivity contribution in [1.29, 1.82) is 0 Å². The Morgan fingerprint density at radius 3 is 1.49 bits per heavy atom. The Bertz CT molecular complexity index is 921. The van der Waals surface area contributed by atoms with Crippen LogP contribution in [0.5, 0.6) is 0 Å². The monoisotopic (exact) mass is 650 g/mol. The lowest BCUT2D eigenvalue weighted by Crippen LogP contribution is -2.45. The molecule has 4 heteroatoms. The van der Waals surface area contributed by atoms with Gasteiger partial charge in [-0.2, -0.15) is 0 Å². The van der Waals surface area contributed by atoms with Crippen LogP contribution >= 0.6 is 0 Å². The van der Waals surface area contributed by atoms with Crippen molar-refractivity contribution >= 4 is 5.91 Å². The van der Waals surface area contributed by atoms with Gasteiger partial charge < -0.3 is 15.5 Å². The maximum absolute atomic E-state index is 12.3. The molecule has 0 spiro atoms. The number of amides is 1. The summed E-state index contributed by atoms with van der Waals surface area (Å²) >= 11 is 0. The molecular weight excluding hydrogens is 578 g/mol. The molecule has 0 aliphatic carbocycles. The Morgan fingerprint density at radius 1 is 0.532 bits per heavy atom. The van der Waals surface area contributed by atoms with E-state index in [0.29, 0.717) is 6.42 Å². The molecule has 0 saturated heterocycles. The molecule has 0 saturated carbocycles. The van der Waals surface area contributed by atoms with Crippen molar-refractivity contribution < 1.29 is 15.0 Å². The number of carbonyl (C=O) groups excluding carboxylic acids is 1. The number of aliphatic hydroxyl groups is 2. The molecule has 0 aliphatic heterocycles. The molecule has 0 aliphatic rings. The number of aliphatic hydroxyl groups excluding tert-OH is 2. The predicted molar refractivity (Wildman–Crippen MR) is 206 cm³/mol. The van der Waals surface area contributed by atoms with Gasteiger partial charge in [0, 0.05) is 6.42 Å². The first-order chi connectivity index (χ1) is 23.2. The highest BCUT2D eigenvalue weighted by Crippen LogP contribution is 2.10. The molecule has 0 bridgehead atoms. The minimum absolute atomic E-state index is 0.140. The van der Waals surface area contributed by atoms with Crippen LogP contribution in [-0.2, 0) is 4.79 Å². The summed E-state index contributed by atoms with van der Waals surface area (Å²) in [5, 5.41) is 22.8. The summed E-state index contributed by atoms with van der Waals surface area (Å²) in [6.45, 7) is 4.12. The second kappa shape index (κ2) is 37.8. The lowest BCUT2D eigenvalue weighted by Gasteiger charge is -2.19. The SMILES string of the molecule is CC/C=C\C/C=C\C/C=C\C/C=C\C/C=C\CCCC(=O)NC(CO)C(O)/C=C/CC/C=C/CC/C=C/CCCCCCCCCC. The number of carbonyl (C=O) groups is 1. The number of rotatable bonds is 32. The number of allylic oxidation sites excluding steroid dienone is 15. The van der Waals surface area contributed by atoms with Crippen LogP contribution in [0.15, 0.2) is 97.2 Å². The fraction of sp³-hybridized carbons (Fsp3) is 0.605. The topological polar surface area (TPSA) is 69.6 Å². The summed E-state index contributed by atoms with van der Waals surface area (Å²) in [7, 11) is 0. The molecule has 4 nitrogen and oxygen atoms in total. The van der Waals surface area contributed by atoms with Crippen molar-refractivity contribution in [3.8, 4) is 0 Å². The number of unbranched alkanes of at least 4 members (excludes halogenated alkanes) is 11. The zero-order chi connectivity index (χ0) is 34.3. The number of hydrogen-bond acceptors (Lipinski definition) is 3. The van der Waals surface area contributed by atoms with Crippen molar-refractivity contribution in [2.24, 2.45) is 0 Å². The summed E-state index contributed by atoms with van der Waals surface area (Å²) in [5.74, 6) is -0.140. The van der Waals surface area contributed by atoms with Crippen LogP contribution in [0.2, 0.25) is 0 Å². The average Bonchev–Trinajstić information content (AvgIpc) is 3.07. The smallest absolute Gasteiger partial charge is 0.220 e. The van der Waals surface area contributed by atoms with E-state index in [9.17, 15) is 15.0 Å². The van der Waals surface area contributed by atoms with Crippen LogP contribution in [0.25, 0.3) is 0 Å². The van der Waals surface area contributed by atoms with Crippen LogP contribution in [-0.4, -0.2) is 34.9 Å². The van der Waals surface area contributed by atoms with Crippen molar-refractivity contribution in [2.75, 3.05) is 6.61 Å². The Balaban J connectivity index is 3.85. The minimum Gasteiger partial charge on any atom is -0.394 e. The molecule has 0 aromatic carbocycles. The molecule has 0 rings (SSSR count). The van der Waals surface area contributed by atoms with Gasteiger partial charge in [0.05, 0.1) is 18.8 Å². The Morgan fingerprint density at radius 2 is 0.957 bits per heavy atom. The third-order valence-corrected chi connectivity index (χ3v) is 7.78. The van der Waals surface area contributed by atoms with Crippen LogP contribution in [0.3, 0.4) is 0 Å². The third kappa shape index (κ3) is 34.5. The van der Waals surface area contributed by atoms with Crippen molar-refractivity contribution in [2.45, 2.75) is 161 Å². The Kier molecular flexibility index (Phi) is 35.6. The van der Waals surface area contributed by atoms with Gasteiger partial charge in [0.15, 0.2) is 0 Å². The van der Waals surface area contributed by atoms with Crippen LogP contribution < -0.4 is 5.32 Å². The van der Waals surface area contributed by atoms with Crippen LogP contribution in [0.1, 0.15) is 149 Å². The quantitative estimate of drug-likeness (QED) is 0.0502. The van der Waals surface area contributed by atoms with Gasteiger partial charge in [-0.25, -0.2) is 0 Å². The molecule has 0 aromatic rings. The lowest BCUT2D eigenvalue weighted by molar-refractivity contribution is -0.122. The van der Waals surface area contributed by atoms with E-state index in [1.54, 1.807) is 6.08 Å². The van der Waals surface area contributed by atoms with E-state index in [-0.39, 0.29) is 12.5 Å². The molecule has 0 fully saturated rings. The zero-order valence-electron chi connectivity index (χ0n) is 30.3. The highest BCUT2D eigenvalue weighted by Gasteiger charge is 2.17. The second-order valence-corrected chi connectivity index (χ2v) is 12.2. The molecule has 0 heterocycles. The molecule has 47 heavy (non-hydrogen) atoms. The highest BCUT2D eigenvalue weighted by atomic mass is 16.3. The van der Waals surface area contributed by atoms with E-state index in [1.807, 2.05) is 6.08 Å². The van der Waals surface area contributed by atoms with Crippen molar-refractivity contribution in [3.05, 3.63) is 97.2 Å². The second-order valence-electron chi connectivity index (χ2n) is 12.2. The lowest BCUT2D eigenvalue weighted by atomic mass is 10.1.